The highest BCUT2D eigenvalue weighted by Crippen LogP contribution is 2.15. The minimum Gasteiger partial charge on any atom is -0.475 e. The highest BCUT2D eigenvalue weighted by molar-refractivity contribution is 5.79. The van der Waals surface area contributed by atoms with Crippen molar-refractivity contribution in [2.75, 3.05) is 12.4 Å². The van der Waals surface area contributed by atoms with Crippen molar-refractivity contribution in [2.24, 2.45) is 16.5 Å². The van der Waals surface area contributed by atoms with E-state index in [-0.39, 0.29) is 5.96 Å². The van der Waals surface area contributed by atoms with E-state index >= 15 is 0 Å². The molecule has 0 aliphatic rings. The summed E-state index contributed by atoms with van der Waals surface area (Å²) in [5, 5.41) is 10.1. The van der Waals surface area contributed by atoms with Crippen molar-refractivity contribution in [2.45, 2.75) is 6.18 Å². The number of nitrogens with two attached hydrogens (primary N) is 2. The van der Waals surface area contributed by atoms with Crippen LogP contribution in [0.2, 0.25) is 0 Å². The second-order valence-electron chi connectivity index (χ2n) is 3.14. The van der Waals surface area contributed by atoms with Gasteiger partial charge in [0, 0.05) is 12.7 Å². The number of carboxylic acid groups (broad SMARTS) is 1. The molecule has 0 bridgehead atoms. The Morgan fingerprint density at radius 2 is 1.68 bits per heavy atom. The Balaban J connectivity index is 0.000000399. The number of hydrogen-bond donors (Lipinski definition) is 4. The Kier molecular flexibility index (Phi) is 6.17. The van der Waals surface area contributed by atoms with Gasteiger partial charge in [-0.15, -0.1) is 0 Å². The van der Waals surface area contributed by atoms with Gasteiger partial charge in [0.1, 0.15) is 0 Å². The number of aliphatic imine (C=N–C) groups is 1. The number of nitrogens with zero attached hydrogens (tertiary/aromatic N) is 1. The lowest BCUT2D eigenvalue weighted by Gasteiger charge is -1.99. The lowest BCUT2D eigenvalue weighted by atomic mass is 10.3. The van der Waals surface area contributed by atoms with Crippen molar-refractivity contribution in [3.63, 3.8) is 0 Å². The standard InChI is InChI=1S/C8H12N4.C2HF3O2/c1-11-6-2-4-7(5-3-6)12-8(9)10;3-2(4,5)1(6)7/h2-5,11H,1H3,(H4,9,10,12);(H,6,7). The minimum atomic E-state index is -5.08. The molecule has 1 rings (SSSR count). The fourth-order valence-corrected chi connectivity index (χ4v) is 0.852. The van der Waals surface area contributed by atoms with E-state index in [0.29, 0.717) is 0 Å². The summed E-state index contributed by atoms with van der Waals surface area (Å²) in [6, 6.07) is 7.49. The summed E-state index contributed by atoms with van der Waals surface area (Å²) in [6.45, 7) is 0. The van der Waals surface area contributed by atoms with Gasteiger partial charge in [-0.05, 0) is 24.3 Å². The van der Waals surface area contributed by atoms with Crippen LogP contribution in [0.1, 0.15) is 0 Å². The molecule has 0 saturated carbocycles. The number of rotatable bonds is 2. The second kappa shape index (κ2) is 7.09. The molecule has 1 aromatic carbocycles. The van der Waals surface area contributed by atoms with Crippen LogP contribution >= 0.6 is 0 Å². The van der Waals surface area contributed by atoms with E-state index in [2.05, 4.69) is 10.3 Å². The second-order valence-corrected chi connectivity index (χ2v) is 3.14. The molecule has 106 valence electrons. The molecular formula is C10H13F3N4O2. The molecule has 0 atom stereocenters. The van der Waals surface area contributed by atoms with Crippen LogP contribution in [-0.4, -0.2) is 30.3 Å². The third-order valence-electron chi connectivity index (χ3n) is 1.66. The molecule has 0 radical (unpaired) electrons. The first-order valence-corrected chi connectivity index (χ1v) is 4.84. The molecular weight excluding hydrogens is 265 g/mol. The van der Waals surface area contributed by atoms with Gasteiger partial charge in [0.15, 0.2) is 5.96 Å². The summed E-state index contributed by atoms with van der Waals surface area (Å²) in [6.07, 6.45) is -5.08. The predicted octanol–water partition coefficient (Wildman–Crippen LogP) is 1.27. The average Bonchev–Trinajstić information content (AvgIpc) is 2.28. The number of anilines is 1. The molecule has 0 unspecified atom stereocenters. The van der Waals surface area contributed by atoms with Crippen molar-refractivity contribution >= 4 is 23.3 Å². The number of carboxylic acids is 1. The zero-order valence-electron chi connectivity index (χ0n) is 9.90. The molecule has 1 aromatic rings. The van der Waals surface area contributed by atoms with Gasteiger partial charge in [-0.3, -0.25) is 0 Å². The van der Waals surface area contributed by atoms with Crippen LogP contribution in [0, 0.1) is 0 Å². The number of guanidine groups is 1. The Morgan fingerprint density at radius 1 is 1.26 bits per heavy atom. The van der Waals surface area contributed by atoms with E-state index in [4.69, 9.17) is 21.4 Å². The van der Waals surface area contributed by atoms with E-state index in [1.165, 1.54) is 0 Å². The highest BCUT2D eigenvalue weighted by Gasteiger charge is 2.38. The highest BCUT2D eigenvalue weighted by atomic mass is 19.4. The summed E-state index contributed by atoms with van der Waals surface area (Å²) in [5.74, 6) is -2.68. The van der Waals surface area contributed by atoms with Crippen LogP contribution in [0.5, 0.6) is 0 Å². The molecule has 9 heteroatoms. The number of benzene rings is 1. The van der Waals surface area contributed by atoms with Crippen molar-refractivity contribution < 1.29 is 23.1 Å². The smallest absolute Gasteiger partial charge is 0.475 e. The van der Waals surface area contributed by atoms with E-state index in [1.807, 2.05) is 31.3 Å². The van der Waals surface area contributed by atoms with Crippen LogP contribution < -0.4 is 16.8 Å². The van der Waals surface area contributed by atoms with Gasteiger partial charge in [-0.25, -0.2) is 9.79 Å². The molecule has 0 aliphatic heterocycles. The molecule has 0 heterocycles. The molecule has 0 fully saturated rings. The summed E-state index contributed by atoms with van der Waals surface area (Å²) >= 11 is 0. The van der Waals surface area contributed by atoms with Crippen LogP contribution in [0.4, 0.5) is 24.5 Å². The monoisotopic (exact) mass is 278 g/mol. The number of hydrogen-bond acceptors (Lipinski definition) is 3. The van der Waals surface area contributed by atoms with Gasteiger partial charge < -0.3 is 21.9 Å². The molecule has 0 aliphatic carbocycles. The van der Waals surface area contributed by atoms with Gasteiger partial charge in [0.05, 0.1) is 5.69 Å². The summed E-state index contributed by atoms with van der Waals surface area (Å²) < 4.78 is 31.7. The number of alkyl halides is 3. The number of carbonyl (C=O) groups is 1. The maximum atomic E-state index is 10.6. The van der Waals surface area contributed by atoms with Crippen LogP contribution in [-0.2, 0) is 4.79 Å². The maximum absolute atomic E-state index is 10.6. The fourth-order valence-electron chi connectivity index (χ4n) is 0.852. The number of aliphatic carboxylic acids is 1. The van der Waals surface area contributed by atoms with Gasteiger partial charge in [0.25, 0.3) is 0 Å². The first-order valence-electron chi connectivity index (χ1n) is 4.84. The molecule has 0 amide bonds. The van der Waals surface area contributed by atoms with Crippen LogP contribution in [0.3, 0.4) is 0 Å². The first-order chi connectivity index (χ1) is 8.66. The Labute approximate surface area is 106 Å². The Hall–Kier alpha value is -2.45. The molecule has 0 spiro atoms. The zero-order valence-corrected chi connectivity index (χ0v) is 9.90. The lowest BCUT2D eigenvalue weighted by molar-refractivity contribution is -0.192. The molecule has 19 heavy (non-hydrogen) atoms. The van der Waals surface area contributed by atoms with E-state index in [1.54, 1.807) is 0 Å². The average molecular weight is 278 g/mol. The minimum absolute atomic E-state index is 0.0761. The van der Waals surface area contributed by atoms with E-state index < -0.39 is 12.1 Å². The molecule has 6 nitrogen and oxygen atoms in total. The predicted molar refractivity (Wildman–Crippen MR) is 65.1 cm³/mol. The molecule has 0 saturated heterocycles. The van der Waals surface area contributed by atoms with Crippen LogP contribution in [0.25, 0.3) is 0 Å². The fraction of sp³-hybridized carbons (Fsp3) is 0.200. The third kappa shape index (κ3) is 7.47. The number of halogens is 3. The maximum Gasteiger partial charge on any atom is 0.490 e. The Bertz CT molecular complexity index is 439. The van der Waals surface area contributed by atoms with Crippen molar-refractivity contribution in [1.29, 1.82) is 0 Å². The van der Waals surface area contributed by atoms with Gasteiger partial charge >= 0.3 is 12.1 Å². The normalized spacial score (nSPS) is 9.89. The number of nitrogens with one attached hydrogen (secondary N) is 1. The first kappa shape index (κ1) is 16.6. The molecule has 0 aromatic heterocycles. The summed E-state index contributed by atoms with van der Waals surface area (Å²) in [5.41, 5.74) is 12.2. The van der Waals surface area contributed by atoms with Crippen molar-refractivity contribution in [3.8, 4) is 0 Å². The van der Waals surface area contributed by atoms with Gasteiger partial charge in [-0.2, -0.15) is 13.2 Å². The zero-order chi connectivity index (χ0) is 15.1. The topological polar surface area (TPSA) is 114 Å². The van der Waals surface area contributed by atoms with E-state index in [9.17, 15) is 13.2 Å². The van der Waals surface area contributed by atoms with Gasteiger partial charge in [-0.1, -0.05) is 0 Å². The molecule has 6 N–H and O–H groups in total. The SMILES string of the molecule is CNc1ccc(N=C(N)N)cc1.O=C(O)C(F)(F)F. The quantitative estimate of drug-likeness (QED) is 0.480. The Morgan fingerprint density at radius 3 is 1.95 bits per heavy atom. The van der Waals surface area contributed by atoms with Crippen molar-refractivity contribution in [1.82, 2.24) is 0 Å². The van der Waals surface area contributed by atoms with Gasteiger partial charge in [0.2, 0.25) is 0 Å². The summed E-state index contributed by atoms with van der Waals surface area (Å²) in [7, 11) is 1.86. The summed E-state index contributed by atoms with van der Waals surface area (Å²) in [4.78, 5) is 12.8. The third-order valence-corrected chi connectivity index (χ3v) is 1.66. The van der Waals surface area contributed by atoms with Crippen molar-refractivity contribution in [3.05, 3.63) is 24.3 Å². The van der Waals surface area contributed by atoms with E-state index in [0.717, 1.165) is 11.4 Å². The largest absolute Gasteiger partial charge is 0.490 e. The lowest BCUT2D eigenvalue weighted by Crippen LogP contribution is -2.21. The van der Waals surface area contributed by atoms with Crippen LogP contribution in [0.15, 0.2) is 29.3 Å².